The smallest absolute Gasteiger partial charge is 0.242 e. The fourth-order valence-corrected chi connectivity index (χ4v) is 5.71. The van der Waals surface area contributed by atoms with Gasteiger partial charge >= 0.3 is 0 Å². The number of carbonyl (C=O) groups is 1. The number of hydrogen-bond acceptors (Lipinski definition) is 3. The molecule has 0 unspecified atom stereocenters. The predicted molar refractivity (Wildman–Crippen MR) is 111 cm³/mol. The molecule has 2 aromatic carbocycles. The van der Waals surface area contributed by atoms with Crippen molar-refractivity contribution in [1.82, 2.24) is 9.71 Å². The van der Waals surface area contributed by atoms with Gasteiger partial charge in [0.1, 0.15) is 4.90 Å². The average Bonchev–Trinajstić information content (AvgIpc) is 3.07. The van der Waals surface area contributed by atoms with Gasteiger partial charge in [-0.1, -0.05) is 55.1 Å². The number of sulfonamides is 1. The van der Waals surface area contributed by atoms with Crippen LogP contribution in [0, 0.1) is 0 Å². The van der Waals surface area contributed by atoms with E-state index in [1.54, 1.807) is 12.1 Å². The summed E-state index contributed by atoms with van der Waals surface area (Å²) in [6, 6.07) is 12.2. The summed E-state index contributed by atoms with van der Waals surface area (Å²) in [5.41, 5.74) is 2.51. The second kappa shape index (κ2) is 7.70. The molecule has 5 nitrogen and oxygen atoms in total. The zero-order valence-electron chi connectivity index (χ0n) is 15.2. The summed E-state index contributed by atoms with van der Waals surface area (Å²) < 4.78 is 28.7. The minimum absolute atomic E-state index is 0.0349. The van der Waals surface area contributed by atoms with Crippen molar-refractivity contribution < 1.29 is 13.2 Å². The highest BCUT2D eigenvalue weighted by atomic mass is 35.5. The number of para-hydroxylation sites is 1. The quantitative estimate of drug-likeness (QED) is 0.580. The Bertz CT molecular complexity index is 1130. The maximum absolute atomic E-state index is 13.0. The molecule has 146 valence electrons. The Morgan fingerprint density at radius 3 is 2.57 bits per heavy atom. The van der Waals surface area contributed by atoms with E-state index in [4.69, 9.17) is 11.6 Å². The number of nitrogens with one attached hydrogen (secondary N) is 2. The summed E-state index contributed by atoms with van der Waals surface area (Å²) in [5.74, 6) is 0. The van der Waals surface area contributed by atoms with E-state index in [1.165, 1.54) is 6.07 Å². The molecule has 0 spiro atoms. The van der Waals surface area contributed by atoms with E-state index in [9.17, 15) is 13.2 Å². The van der Waals surface area contributed by atoms with Crippen LogP contribution >= 0.6 is 11.6 Å². The maximum atomic E-state index is 13.0. The summed E-state index contributed by atoms with van der Waals surface area (Å²) in [6.45, 7) is 0. The van der Waals surface area contributed by atoms with Crippen LogP contribution in [0.3, 0.4) is 0 Å². The number of rotatable bonds is 5. The number of aldehydes is 1. The molecule has 0 atom stereocenters. The van der Waals surface area contributed by atoms with Crippen LogP contribution in [0.1, 0.15) is 42.5 Å². The van der Waals surface area contributed by atoms with Crippen LogP contribution in [-0.2, 0) is 10.0 Å². The van der Waals surface area contributed by atoms with Gasteiger partial charge in [-0.2, -0.15) is 0 Å². The highest BCUT2D eigenvalue weighted by Crippen LogP contribution is 2.33. The summed E-state index contributed by atoms with van der Waals surface area (Å²) in [4.78, 5) is 15.0. The highest BCUT2D eigenvalue weighted by molar-refractivity contribution is 7.89. The number of aromatic nitrogens is 1. The van der Waals surface area contributed by atoms with Crippen molar-refractivity contribution in [3.8, 4) is 11.3 Å². The van der Waals surface area contributed by atoms with Gasteiger partial charge in [-0.25, -0.2) is 13.1 Å². The van der Waals surface area contributed by atoms with E-state index in [1.807, 2.05) is 24.3 Å². The van der Waals surface area contributed by atoms with Gasteiger partial charge in [-0.05, 0) is 31.0 Å². The SMILES string of the molecule is O=Cc1c(-c2ccc(Cl)c(S(=O)(=O)NC3CCCCC3)c2)[nH]c2ccccc12. The van der Waals surface area contributed by atoms with Crippen molar-refractivity contribution in [2.45, 2.75) is 43.0 Å². The van der Waals surface area contributed by atoms with Crippen molar-refractivity contribution >= 4 is 38.8 Å². The minimum atomic E-state index is -3.75. The van der Waals surface area contributed by atoms with E-state index >= 15 is 0 Å². The van der Waals surface area contributed by atoms with Crippen LogP contribution in [0.2, 0.25) is 5.02 Å². The lowest BCUT2D eigenvalue weighted by Gasteiger charge is -2.23. The molecule has 1 heterocycles. The molecule has 0 bridgehead atoms. The summed E-state index contributed by atoms with van der Waals surface area (Å²) >= 11 is 6.24. The van der Waals surface area contributed by atoms with Crippen LogP contribution in [0.5, 0.6) is 0 Å². The zero-order valence-corrected chi connectivity index (χ0v) is 16.8. The number of carbonyl (C=O) groups excluding carboxylic acids is 1. The molecule has 4 rings (SSSR count). The molecule has 3 aromatic rings. The zero-order chi connectivity index (χ0) is 19.7. The summed E-state index contributed by atoms with van der Waals surface area (Å²) in [5, 5.41) is 0.961. The third kappa shape index (κ3) is 3.60. The third-order valence-electron chi connectivity index (χ3n) is 5.30. The molecule has 1 aromatic heterocycles. The number of H-pyrrole nitrogens is 1. The molecule has 0 radical (unpaired) electrons. The molecule has 1 fully saturated rings. The van der Waals surface area contributed by atoms with Gasteiger partial charge in [0.15, 0.2) is 6.29 Å². The number of benzene rings is 2. The number of hydrogen-bond donors (Lipinski definition) is 2. The van der Waals surface area contributed by atoms with Crippen molar-refractivity contribution in [1.29, 1.82) is 0 Å². The second-order valence-electron chi connectivity index (χ2n) is 7.18. The molecule has 1 saturated carbocycles. The Balaban J connectivity index is 1.76. The lowest BCUT2D eigenvalue weighted by Crippen LogP contribution is -2.36. The molecular formula is C21H21ClN2O3S. The molecule has 28 heavy (non-hydrogen) atoms. The lowest BCUT2D eigenvalue weighted by atomic mass is 9.96. The monoisotopic (exact) mass is 416 g/mol. The van der Waals surface area contributed by atoms with Gasteiger partial charge in [0.2, 0.25) is 10.0 Å². The number of halogens is 1. The van der Waals surface area contributed by atoms with Crippen molar-refractivity contribution in [2.24, 2.45) is 0 Å². The first-order valence-corrected chi connectivity index (χ1v) is 11.2. The highest BCUT2D eigenvalue weighted by Gasteiger charge is 2.25. The van der Waals surface area contributed by atoms with Gasteiger partial charge < -0.3 is 4.98 Å². The Morgan fingerprint density at radius 1 is 1.07 bits per heavy atom. The standard InChI is InChI=1S/C21H21ClN2O3S/c22-18-11-10-14(21-17(13-25)16-8-4-5-9-19(16)23-21)12-20(18)28(26,27)24-15-6-2-1-3-7-15/h4-5,8-13,15,23-24H,1-3,6-7H2. The summed E-state index contributed by atoms with van der Waals surface area (Å²) in [7, 11) is -3.75. The van der Waals surface area contributed by atoms with Crippen LogP contribution < -0.4 is 4.72 Å². The first-order valence-electron chi connectivity index (χ1n) is 9.38. The molecule has 0 amide bonds. The summed E-state index contributed by atoms with van der Waals surface area (Å²) in [6.07, 6.45) is 5.67. The van der Waals surface area contributed by atoms with Crippen LogP contribution in [0.25, 0.3) is 22.2 Å². The van der Waals surface area contributed by atoms with Crippen LogP contribution in [0.15, 0.2) is 47.4 Å². The largest absolute Gasteiger partial charge is 0.354 e. The normalized spacial score (nSPS) is 15.8. The molecule has 2 N–H and O–H groups in total. The first kappa shape index (κ1) is 19.2. The third-order valence-corrected chi connectivity index (χ3v) is 7.30. The molecule has 7 heteroatoms. The van der Waals surface area contributed by atoms with E-state index in [0.717, 1.165) is 49.3 Å². The van der Waals surface area contributed by atoms with Crippen molar-refractivity contribution in [3.05, 3.63) is 53.1 Å². The Kier molecular flexibility index (Phi) is 5.27. The number of aromatic amines is 1. The topological polar surface area (TPSA) is 79.0 Å². The lowest BCUT2D eigenvalue weighted by molar-refractivity contribution is 0.112. The van der Waals surface area contributed by atoms with Crippen LogP contribution in [0.4, 0.5) is 0 Å². The molecule has 1 aliphatic carbocycles. The van der Waals surface area contributed by atoms with Crippen LogP contribution in [-0.4, -0.2) is 25.7 Å². The van der Waals surface area contributed by atoms with Gasteiger partial charge in [-0.15, -0.1) is 0 Å². The van der Waals surface area contributed by atoms with Gasteiger partial charge in [0, 0.05) is 28.1 Å². The maximum Gasteiger partial charge on any atom is 0.242 e. The Morgan fingerprint density at radius 2 is 1.82 bits per heavy atom. The minimum Gasteiger partial charge on any atom is -0.354 e. The average molecular weight is 417 g/mol. The van der Waals surface area contributed by atoms with Crippen molar-refractivity contribution in [3.63, 3.8) is 0 Å². The number of fused-ring (bicyclic) bond motifs is 1. The van der Waals surface area contributed by atoms with Gasteiger partial charge in [-0.3, -0.25) is 4.79 Å². The Hall–Kier alpha value is -2.15. The molecule has 0 aliphatic heterocycles. The van der Waals surface area contributed by atoms with E-state index in [-0.39, 0.29) is 16.0 Å². The van der Waals surface area contributed by atoms with E-state index in [2.05, 4.69) is 9.71 Å². The Labute approximate surface area is 169 Å². The fourth-order valence-electron chi connectivity index (χ4n) is 3.88. The molecule has 1 aliphatic rings. The molecule has 0 saturated heterocycles. The van der Waals surface area contributed by atoms with Crippen molar-refractivity contribution in [2.75, 3.05) is 0 Å². The van der Waals surface area contributed by atoms with E-state index < -0.39 is 10.0 Å². The first-order chi connectivity index (χ1) is 13.5. The van der Waals surface area contributed by atoms with E-state index in [0.29, 0.717) is 16.8 Å². The molecular weight excluding hydrogens is 396 g/mol. The van der Waals surface area contributed by atoms with Gasteiger partial charge in [0.05, 0.1) is 10.7 Å². The van der Waals surface area contributed by atoms with Gasteiger partial charge in [0.25, 0.3) is 0 Å². The second-order valence-corrected chi connectivity index (χ2v) is 9.27. The fraction of sp³-hybridized carbons (Fsp3) is 0.286. The predicted octanol–water partition coefficient (Wildman–Crippen LogP) is 4.91.